The van der Waals surface area contributed by atoms with Crippen molar-refractivity contribution in [3.63, 3.8) is 0 Å². The number of amides is 2. The van der Waals surface area contributed by atoms with Crippen LogP contribution in [-0.4, -0.2) is 21.2 Å². The van der Waals surface area contributed by atoms with Gasteiger partial charge in [0.2, 0.25) is 5.88 Å². The molecule has 158 valence electrons. The van der Waals surface area contributed by atoms with E-state index in [9.17, 15) is 4.79 Å². The number of rotatable bonds is 4. The Kier molecular flexibility index (Phi) is 5.77. The fourth-order valence-electron chi connectivity index (χ4n) is 2.80. The minimum atomic E-state index is -0.437. The summed E-state index contributed by atoms with van der Waals surface area (Å²) in [6.07, 6.45) is 1.46. The standard InChI is InChI=1S/C22H20IN5O3/c1-22(2,3)18-11-19(28-31-18)27-21(29)26-14-5-4-6-15(10-14)30-20-16-9-13(23)7-8-17(16)24-12-25-20/h4-12H,1-3H3,(H2,26,27,28,29). The lowest BCUT2D eigenvalue weighted by Crippen LogP contribution is -2.19. The lowest BCUT2D eigenvalue weighted by atomic mass is 9.93. The summed E-state index contributed by atoms with van der Waals surface area (Å²) in [4.78, 5) is 20.9. The zero-order chi connectivity index (χ0) is 22.0. The predicted octanol–water partition coefficient (Wildman–Crippen LogP) is 5.96. The average Bonchev–Trinajstić information content (AvgIpc) is 3.17. The van der Waals surface area contributed by atoms with Crippen molar-refractivity contribution in [2.75, 3.05) is 10.6 Å². The molecule has 0 spiro atoms. The van der Waals surface area contributed by atoms with Gasteiger partial charge in [0, 0.05) is 26.8 Å². The molecule has 0 saturated carbocycles. The van der Waals surface area contributed by atoms with E-state index in [0.29, 0.717) is 28.9 Å². The van der Waals surface area contributed by atoms with Gasteiger partial charge in [-0.25, -0.2) is 14.8 Å². The average molecular weight is 529 g/mol. The zero-order valence-corrected chi connectivity index (χ0v) is 19.3. The summed E-state index contributed by atoms with van der Waals surface area (Å²) in [5.74, 6) is 2.01. The molecular weight excluding hydrogens is 509 g/mol. The summed E-state index contributed by atoms with van der Waals surface area (Å²) in [6.45, 7) is 6.01. The Balaban J connectivity index is 1.47. The Morgan fingerprint density at radius 1 is 1.06 bits per heavy atom. The van der Waals surface area contributed by atoms with E-state index in [-0.39, 0.29) is 5.41 Å². The van der Waals surface area contributed by atoms with Gasteiger partial charge < -0.3 is 14.6 Å². The summed E-state index contributed by atoms with van der Waals surface area (Å²) < 4.78 is 12.3. The molecule has 9 heteroatoms. The minimum Gasteiger partial charge on any atom is -0.438 e. The van der Waals surface area contributed by atoms with Crippen LogP contribution in [0.15, 0.2) is 59.4 Å². The van der Waals surface area contributed by atoms with E-state index in [1.807, 2.05) is 39.0 Å². The molecule has 8 nitrogen and oxygen atoms in total. The van der Waals surface area contributed by atoms with Crippen molar-refractivity contribution in [1.29, 1.82) is 0 Å². The summed E-state index contributed by atoms with van der Waals surface area (Å²) in [7, 11) is 0. The quantitative estimate of drug-likeness (QED) is 0.317. The molecule has 2 aromatic heterocycles. The van der Waals surface area contributed by atoms with Crippen molar-refractivity contribution in [3.8, 4) is 11.6 Å². The van der Waals surface area contributed by atoms with Crippen molar-refractivity contribution in [2.24, 2.45) is 0 Å². The van der Waals surface area contributed by atoms with E-state index < -0.39 is 6.03 Å². The number of nitrogens with zero attached hydrogens (tertiary/aromatic N) is 3. The lowest BCUT2D eigenvalue weighted by molar-refractivity contribution is 0.262. The number of ether oxygens (including phenoxy) is 1. The van der Waals surface area contributed by atoms with Crippen LogP contribution in [-0.2, 0) is 5.41 Å². The highest BCUT2D eigenvalue weighted by Crippen LogP contribution is 2.29. The molecule has 4 rings (SSSR count). The highest BCUT2D eigenvalue weighted by atomic mass is 127. The van der Waals surface area contributed by atoms with Crippen molar-refractivity contribution < 1.29 is 14.1 Å². The molecule has 0 fully saturated rings. The fourth-order valence-corrected chi connectivity index (χ4v) is 3.29. The van der Waals surface area contributed by atoms with E-state index in [1.54, 1.807) is 30.3 Å². The number of benzene rings is 2. The van der Waals surface area contributed by atoms with Crippen LogP contribution in [0.5, 0.6) is 11.6 Å². The number of nitrogens with one attached hydrogen (secondary N) is 2. The number of hydrogen-bond donors (Lipinski definition) is 2. The van der Waals surface area contributed by atoms with Gasteiger partial charge in [0.1, 0.15) is 17.8 Å². The SMILES string of the molecule is CC(C)(C)c1cc(NC(=O)Nc2cccc(Oc3ncnc4ccc(I)cc34)c2)no1. The number of aromatic nitrogens is 3. The van der Waals surface area contributed by atoms with Gasteiger partial charge in [-0.05, 0) is 52.9 Å². The third-order valence-corrected chi connectivity index (χ3v) is 5.03. The second-order valence-electron chi connectivity index (χ2n) is 7.88. The number of urea groups is 1. The number of halogens is 1. The molecule has 0 radical (unpaired) electrons. The topological polar surface area (TPSA) is 102 Å². The number of carbonyl (C=O) groups is 1. The van der Waals surface area contributed by atoms with Crippen LogP contribution >= 0.6 is 22.6 Å². The highest BCUT2D eigenvalue weighted by molar-refractivity contribution is 14.1. The molecule has 4 aromatic rings. The van der Waals surface area contributed by atoms with E-state index in [1.165, 1.54) is 6.33 Å². The summed E-state index contributed by atoms with van der Waals surface area (Å²) in [5, 5.41) is 10.1. The first-order valence-corrected chi connectivity index (χ1v) is 10.6. The molecule has 0 atom stereocenters. The van der Waals surface area contributed by atoms with Crippen LogP contribution in [0.4, 0.5) is 16.3 Å². The summed E-state index contributed by atoms with van der Waals surface area (Å²) in [5.41, 5.74) is 1.15. The third kappa shape index (κ3) is 5.10. The van der Waals surface area contributed by atoms with Gasteiger partial charge >= 0.3 is 6.03 Å². The molecule has 0 bridgehead atoms. The van der Waals surface area contributed by atoms with Gasteiger partial charge in [0.25, 0.3) is 0 Å². The molecule has 0 saturated heterocycles. The Morgan fingerprint density at radius 2 is 1.90 bits per heavy atom. The number of fused-ring (bicyclic) bond motifs is 1. The molecule has 0 aliphatic rings. The summed E-state index contributed by atoms with van der Waals surface area (Å²) in [6, 6.07) is 14.2. The van der Waals surface area contributed by atoms with Crippen LogP contribution in [0, 0.1) is 3.57 Å². The maximum atomic E-state index is 12.4. The van der Waals surface area contributed by atoms with Crippen LogP contribution < -0.4 is 15.4 Å². The Morgan fingerprint density at radius 3 is 2.68 bits per heavy atom. The minimum absolute atomic E-state index is 0.196. The Labute approximate surface area is 192 Å². The molecule has 0 aliphatic carbocycles. The van der Waals surface area contributed by atoms with Crippen LogP contribution in [0.1, 0.15) is 26.5 Å². The van der Waals surface area contributed by atoms with Crippen molar-refractivity contribution in [3.05, 3.63) is 64.2 Å². The van der Waals surface area contributed by atoms with E-state index in [2.05, 4.69) is 48.3 Å². The maximum absolute atomic E-state index is 12.4. The largest absolute Gasteiger partial charge is 0.438 e. The molecule has 2 heterocycles. The van der Waals surface area contributed by atoms with E-state index in [0.717, 1.165) is 14.5 Å². The molecule has 2 amide bonds. The van der Waals surface area contributed by atoms with Crippen LogP contribution in [0.2, 0.25) is 0 Å². The van der Waals surface area contributed by atoms with Crippen molar-refractivity contribution in [2.45, 2.75) is 26.2 Å². The molecule has 0 aliphatic heterocycles. The normalized spacial score (nSPS) is 11.4. The first-order valence-electron chi connectivity index (χ1n) is 9.51. The van der Waals surface area contributed by atoms with Gasteiger partial charge in [0.05, 0.1) is 10.9 Å². The van der Waals surface area contributed by atoms with Gasteiger partial charge in [-0.3, -0.25) is 5.32 Å². The number of anilines is 2. The first-order chi connectivity index (χ1) is 14.8. The van der Waals surface area contributed by atoms with Crippen molar-refractivity contribution in [1.82, 2.24) is 15.1 Å². The molecule has 2 aromatic carbocycles. The molecule has 31 heavy (non-hydrogen) atoms. The van der Waals surface area contributed by atoms with Crippen molar-refractivity contribution >= 4 is 51.0 Å². The maximum Gasteiger partial charge on any atom is 0.324 e. The first kappa shape index (κ1) is 21.0. The van der Waals surface area contributed by atoms with Gasteiger partial charge in [-0.2, -0.15) is 0 Å². The second-order valence-corrected chi connectivity index (χ2v) is 9.12. The monoisotopic (exact) mass is 529 g/mol. The third-order valence-electron chi connectivity index (χ3n) is 4.36. The van der Waals surface area contributed by atoms with Crippen LogP contribution in [0.3, 0.4) is 0 Å². The number of carbonyl (C=O) groups excluding carboxylic acids is 1. The second kappa shape index (κ2) is 8.50. The van der Waals surface area contributed by atoms with E-state index in [4.69, 9.17) is 9.26 Å². The molecule has 2 N–H and O–H groups in total. The van der Waals surface area contributed by atoms with E-state index >= 15 is 0 Å². The Bertz CT molecular complexity index is 1250. The highest BCUT2D eigenvalue weighted by Gasteiger charge is 2.20. The number of hydrogen-bond acceptors (Lipinski definition) is 6. The van der Waals surface area contributed by atoms with Gasteiger partial charge in [0.15, 0.2) is 5.82 Å². The predicted molar refractivity (Wildman–Crippen MR) is 127 cm³/mol. The fraction of sp³-hybridized carbons (Fsp3) is 0.182. The van der Waals surface area contributed by atoms with Crippen LogP contribution in [0.25, 0.3) is 10.9 Å². The van der Waals surface area contributed by atoms with Gasteiger partial charge in [-0.15, -0.1) is 0 Å². The lowest BCUT2D eigenvalue weighted by Gasteiger charge is -2.12. The molecule has 0 unspecified atom stereocenters. The summed E-state index contributed by atoms with van der Waals surface area (Å²) >= 11 is 2.23. The Hall–Kier alpha value is -3.21. The zero-order valence-electron chi connectivity index (χ0n) is 17.1. The molecular formula is C22H20IN5O3. The van der Waals surface area contributed by atoms with Gasteiger partial charge in [-0.1, -0.05) is 32.0 Å². The smallest absolute Gasteiger partial charge is 0.324 e.